The van der Waals surface area contributed by atoms with Crippen LogP contribution in [0, 0.1) is 0 Å². The molecule has 0 bridgehead atoms. The van der Waals surface area contributed by atoms with Crippen molar-refractivity contribution in [3.05, 3.63) is 35.9 Å². The maximum absolute atomic E-state index is 12.2. The number of quaternary nitrogens is 1. The minimum Gasteiger partial charge on any atom is -0.331 e. The monoisotopic (exact) mass is 261 g/mol. The van der Waals surface area contributed by atoms with E-state index < -0.39 is 0 Å². The molecular weight excluding hydrogens is 236 g/mol. The molecule has 1 heterocycles. The summed E-state index contributed by atoms with van der Waals surface area (Å²) in [4.78, 5) is 15.9. The highest BCUT2D eigenvalue weighted by molar-refractivity contribution is 5.78. The van der Waals surface area contributed by atoms with E-state index in [0.29, 0.717) is 12.5 Å². The molecule has 0 spiro atoms. The minimum atomic E-state index is 0.273. The van der Waals surface area contributed by atoms with Gasteiger partial charge in [0.1, 0.15) is 0 Å². The molecule has 104 valence electrons. The van der Waals surface area contributed by atoms with Crippen LogP contribution in [0.3, 0.4) is 0 Å². The van der Waals surface area contributed by atoms with Gasteiger partial charge >= 0.3 is 0 Å². The third kappa shape index (κ3) is 3.80. The Morgan fingerprint density at radius 2 is 1.89 bits per heavy atom. The highest BCUT2D eigenvalue weighted by Crippen LogP contribution is 2.03. The Labute approximate surface area is 116 Å². The van der Waals surface area contributed by atoms with E-state index in [4.69, 9.17) is 0 Å². The first-order valence-corrected chi connectivity index (χ1v) is 7.37. The van der Waals surface area contributed by atoms with Crippen LogP contribution >= 0.6 is 0 Å². The average Bonchev–Trinajstić information content (AvgIpc) is 2.47. The standard InChI is InChI=1S/C16H24N2O/c1-3-14(2)17-9-11-18(12-10-17)16(19)13-15-7-5-4-6-8-15/h4-8,14H,3,9-13H2,1-2H3/p+1/t14-/m0/s1. The van der Waals surface area contributed by atoms with E-state index in [1.165, 1.54) is 6.42 Å². The second kappa shape index (κ2) is 6.71. The average molecular weight is 261 g/mol. The molecule has 1 atom stereocenters. The maximum atomic E-state index is 12.2. The van der Waals surface area contributed by atoms with Gasteiger partial charge in [-0.25, -0.2) is 0 Å². The fourth-order valence-electron chi connectivity index (χ4n) is 2.71. The quantitative estimate of drug-likeness (QED) is 0.850. The molecule has 1 amide bonds. The van der Waals surface area contributed by atoms with Crippen molar-refractivity contribution in [1.82, 2.24) is 4.90 Å². The molecule has 0 saturated carbocycles. The number of carbonyl (C=O) groups is 1. The number of hydrogen-bond acceptors (Lipinski definition) is 1. The lowest BCUT2D eigenvalue weighted by Crippen LogP contribution is -3.17. The topological polar surface area (TPSA) is 24.8 Å². The zero-order valence-electron chi connectivity index (χ0n) is 12.1. The summed E-state index contributed by atoms with van der Waals surface area (Å²) in [7, 11) is 0. The summed E-state index contributed by atoms with van der Waals surface area (Å²) >= 11 is 0. The van der Waals surface area contributed by atoms with Crippen LogP contribution in [0.4, 0.5) is 0 Å². The van der Waals surface area contributed by atoms with Crippen LogP contribution in [-0.2, 0) is 11.2 Å². The number of benzene rings is 1. The van der Waals surface area contributed by atoms with E-state index in [2.05, 4.69) is 13.8 Å². The van der Waals surface area contributed by atoms with Crippen molar-refractivity contribution in [3.63, 3.8) is 0 Å². The minimum absolute atomic E-state index is 0.273. The number of carbonyl (C=O) groups excluding carboxylic acids is 1. The molecule has 2 rings (SSSR count). The lowest BCUT2D eigenvalue weighted by molar-refractivity contribution is -0.927. The number of nitrogens with one attached hydrogen (secondary N) is 1. The normalized spacial score (nSPS) is 18.3. The third-order valence-electron chi connectivity index (χ3n) is 4.27. The fourth-order valence-corrected chi connectivity index (χ4v) is 2.71. The predicted octanol–water partition coefficient (Wildman–Crippen LogP) is 0.755. The Morgan fingerprint density at radius 3 is 2.47 bits per heavy atom. The Kier molecular flexibility index (Phi) is 4.97. The lowest BCUT2D eigenvalue weighted by atomic mass is 10.1. The second-order valence-corrected chi connectivity index (χ2v) is 5.51. The first-order valence-electron chi connectivity index (χ1n) is 7.37. The van der Waals surface area contributed by atoms with Crippen molar-refractivity contribution < 1.29 is 9.69 Å². The van der Waals surface area contributed by atoms with Crippen LogP contribution in [0.25, 0.3) is 0 Å². The number of rotatable bonds is 4. The van der Waals surface area contributed by atoms with E-state index in [0.717, 1.165) is 31.7 Å². The van der Waals surface area contributed by atoms with Gasteiger partial charge < -0.3 is 9.80 Å². The second-order valence-electron chi connectivity index (χ2n) is 5.51. The van der Waals surface area contributed by atoms with Gasteiger partial charge in [0, 0.05) is 0 Å². The summed E-state index contributed by atoms with van der Waals surface area (Å²) in [5.74, 6) is 0.273. The van der Waals surface area contributed by atoms with Crippen LogP contribution in [0.1, 0.15) is 25.8 Å². The van der Waals surface area contributed by atoms with Crippen molar-refractivity contribution in [2.45, 2.75) is 32.7 Å². The largest absolute Gasteiger partial charge is 0.331 e. The molecule has 3 nitrogen and oxygen atoms in total. The highest BCUT2D eigenvalue weighted by Gasteiger charge is 2.25. The molecule has 1 aromatic rings. The number of hydrogen-bond donors (Lipinski definition) is 1. The van der Waals surface area contributed by atoms with Crippen LogP contribution < -0.4 is 4.90 Å². The molecule has 1 saturated heterocycles. The van der Waals surface area contributed by atoms with Crippen molar-refractivity contribution in [1.29, 1.82) is 0 Å². The van der Waals surface area contributed by atoms with Gasteiger partial charge in [-0.2, -0.15) is 0 Å². The molecule has 3 heteroatoms. The summed E-state index contributed by atoms with van der Waals surface area (Å²) < 4.78 is 0. The molecule has 1 N–H and O–H groups in total. The maximum Gasteiger partial charge on any atom is 0.227 e. The molecule has 1 aliphatic rings. The van der Waals surface area contributed by atoms with Gasteiger partial charge in [-0.1, -0.05) is 37.3 Å². The fraction of sp³-hybridized carbons (Fsp3) is 0.562. The SMILES string of the molecule is CC[C@H](C)[NH+]1CCN(C(=O)Cc2ccccc2)CC1. The van der Waals surface area contributed by atoms with Crippen molar-refractivity contribution in [2.24, 2.45) is 0 Å². The summed E-state index contributed by atoms with van der Waals surface area (Å²) in [6.07, 6.45) is 1.76. The summed E-state index contributed by atoms with van der Waals surface area (Å²) in [6.45, 7) is 8.54. The van der Waals surface area contributed by atoms with Crippen molar-refractivity contribution >= 4 is 5.91 Å². The van der Waals surface area contributed by atoms with E-state index in [9.17, 15) is 4.79 Å². The smallest absolute Gasteiger partial charge is 0.227 e. The first kappa shape index (κ1) is 14.1. The molecule has 0 aliphatic carbocycles. The van der Waals surface area contributed by atoms with Gasteiger partial charge in [-0.15, -0.1) is 0 Å². The Bertz CT molecular complexity index is 396. The zero-order valence-corrected chi connectivity index (χ0v) is 12.1. The van der Waals surface area contributed by atoms with Crippen LogP contribution in [0.2, 0.25) is 0 Å². The molecule has 1 fully saturated rings. The molecule has 0 radical (unpaired) electrons. The molecule has 19 heavy (non-hydrogen) atoms. The molecule has 0 unspecified atom stereocenters. The van der Waals surface area contributed by atoms with Crippen molar-refractivity contribution in [3.8, 4) is 0 Å². The number of amides is 1. The van der Waals surface area contributed by atoms with Gasteiger partial charge in [-0.3, -0.25) is 4.79 Å². The molecular formula is C16H25N2O+. The van der Waals surface area contributed by atoms with Crippen LogP contribution in [0.5, 0.6) is 0 Å². The predicted molar refractivity (Wildman–Crippen MR) is 77.2 cm³/mol. The van der Waals surface area contributed by atoms with Gasteiger partial charge in [0.2, 0.25) is 5.91 Å². The Morgan fingerprint density at radius 1 is 1.26 bits per heavy atom. The summed E-state index contributed by atoms with van der Waals surface area (Å²) in [6, 6.07) is 10.7. The van der Waals surface area contributed by atoms with E-state index >= 15 is 0 Å². The number of nitrogens with zero attached hydrogens (tertiary/aromatic N) is 1. The van der Waals surface area contributed by atoms with E-state index in [-0.39, 0.29) is 5.91 Å². The summed E-state index contributed by atoms with van der Waals surface area (Å²) in [5.41, 5.74) is 1.12. The van der Waals surface area contributed by atoms with Gasteiger partial charge in [0.25, 0.3) is 0 Å². The van der Waals surface area contributed by atoms with Crippen LogP contribution in [-0.4, -0.2) is 43.0 Å². The van der Waals surface area contributed by atoms with Crippen LogP contribution in [0.15, 0.2) is 30.3 Å². The molecule has 1 aromatic carbocycles. The highest BCUT2D eigenvalue weighted by atomic mass is 16.2. The van der Waals surface area contributed by atoms with Gasteiger partial charge in [0.15, 0.2) is 0 Å². The van der Waals surface area contributed by atoms with Gasteiger partial charge in [-0.05, 0) is 18.9 Å². The third-order valence-corrected chi connectivity index (χ3v) is 4.27. The van der Waals surface area contributed by atoms with Gasteiger partial charge in [0.05, 0.1) is 38.6 Å². The van der Waals surface area contributed by atoms with Crippen molar-refractivity contribution in [2.75, 3.05) is 26.2 Å². The lowest BCUT2D eigenvalue weighted by Gasteiger charge is -2.35. The zero-order chi connectivity index (χ0) is 13.7. The Hall–Kier alpha value is -1.35. The van der Waals surface area contributed by atoms with E-state index in [1.807, 2.05) is 35.2 Å². The molecule has 1 aliphatic heterocycles. The number of piperazine rings is 1. The summed E-state index contributed by atoms with van der Waals surface area (Å²) in [5, 5.41) is 0. The van der Waals surface area contributed by atoms with E-state index in [1.54, 1.807) is 4.90 Å². The molecule has 0 aromatic heterocycles. The Balaban J connectivity index is 1.83. The first-order chi connectivity index (χ1) is 9.20.